The monoisotopic (exact) mass is 315 g/mol. The number of piperidine rings is 1. The van der Waals surface area contributed by atoms with Crippen LogP contribution >= 0.6 is 0 Å². The summed E-state index contributed by atoms with van der Waals surface area (Å²) in [6, 6.07) is 10.3. The summed E-state index contributed by atoms with van der Waals surface area (Å²) in [6.45, 7) is 7.01. The van der Waals surface area contributed by atoms with Crippen molar-refractivity contribution in [3.8, 4) is 0 Å². The Morgan fingerprint density at radius 1 is 1.26 bits per heavy atom. The van der Waals surface area contributed by atoms with Gasteiger partial charge in [0.2, 0.25) is 0 Å². The van der Waals surface area contributed by atoms with Crippen molar-refractivity contribution in [2.45, 2.75) is 51.2 Å². The van der Waals surface area contributed by atoms with Crippen molar-refractivity contribution in [1.82, 2.24) is 4.90 Å². The van der Waals surface area contributed by atoms with Gasteiger partial charge in [-0.1, -0.05) is 30.3 Å². The highest BCUT2D eigenvalue weighted by molar-refractivity contribution is 5.70. The van der Waals surface area contributed by atoms with Crippen molar-refractivity contribution < 1.29 is 14.3 Å². The molecule has 4 nitrogen and oxygen atoms in total. The van der Waals surface area contributed by atoms with Gasteiger partial charge in [0.15, 0.2) is 0 Å². The average molecular weight is 315 g/mol. The fourth-order valence-electron chi connectivity index (χ4n) is 3.27. The van der Waals surface area contributed by atoms with Gasteiger partial charge in [-0.3, -0.25) is 0 Å². The predicted molar refractivity (Wildman–Crippen MR) is 89.9 cm³/mol. The normalized spacial score (nSPS) is 24.3. The number of ether oxygens (including phenoxy) is 2. The maximum Gasteiger partial charge on any atom is 0.410 e. The fraction of sp³-hybridized carbons (Fsp3) is 0.526. The Labute approximate surface area is 138 Å². The summed E-state index contributed by atoms with van der Waals surface area (Å²) in [6.07, 6.45) is 4.38. The molecule has 0 aliphatic carbocycles. The number of carbonyl (C=O) groups is 1. The highest BCUT2D eigenvalue weighted by atomic mass is 16.6. The maximum absolute atomic E-state index is 12.3. The minimum Gasteiger partial charge on any atom is -0.492 e. The molecule has 1 amide bonds. The SMILES string of the molecule is CC(C)(C)OC(=O)N1CCCC2(CC(c3ccccc3)=CO2)C1. The predicted octanol–water partition coefficient (Wildman–Crippen LogP) is 4.22. The van der Waals surface area contributed by atoms with Crippen LogP contribution in [-0.2, 0) is 9.47 Å². The summed E-state index contributed by atoms with van der Waals surface area (Å²) in [5.74, 6) is 0. The quantitative estimate of drug-likeness (QED) is 0.779. The fourth-order valence-corrected chi connectivity index (χ4v) is 3.27. The molecule has 1 saturated heterocycles. The lowest BCUT2D eigenvalue weighted by Gasteiger charge is -2.40. The zero-order valence-corrected chi connectivity index (χ0v) is 14.2. The van der Waals surface area contributed by atoms with Crippen LogP contribution in [0.3, 0.4) is 0 Å². The summed E-state index contributed by atoms with van der Waals surface area (Å²) < 4.78 is 11.6. The Bertz CT molecular complexity index is 603. The van der Waals surface area contributed by atoms with Crippen LogP contribution in [0.15, 0.2) is 36.6 Å². The third kappa shape index (κ3) is 3.69. The Morgan fingerprint density at radius 3 is 2.70 bits per heavy atom. The van der Waals surface area contributed by atoms with E-state index in [0.29, 0.717) is 6.54 Å². The molecule has 0 bridgehead atoms. The van der Waals surface area contributed by atoms with Gasteiger partial charge < -0.3 is 14.4 Å². The van der Waals surface area contributed by atoms with Gasteiger partial charge in [0.1, 0.15) is 11.2 Å². The number of hydrogen-bond acceptors (Lipinski definition) is 3. The second kappa shape index (κ2) is 5.91. The molecule has 2 aliphatic rings. The van der Waals surface area contributed by atoms with Crippen molar-refractivity contribution in [1.29, 1.82) is 0 Å². The summed E-state index contributed by atoms with van der Waals surface area (Å²) in [7, 11) is 0. The Hall–Kier alpha value is -1.97. The van der Waals surface area contributed by atoms with Gasteiger partial charge in [-0.05, 0) is 44.7 Å². The Balaban J connectivity index is 1.67. The zero-order chi connectivity index (χ0) is 16.5. The molecule has 2 heterocycles. The van der Waals surface area contributed by atoms with E-state index in [1.807, 2.05) is 45.2 Å². The van der Waals surface area contributed by atoms with Gasteiger partial charge in [-0.2, -0.15) is 0 Å². The van der Waals surface area contributed by atoms with Crippen LogP contribution in [0, 0.1) is 0 Å². The van der Waals surface area contributed by atoms with Gasteiger partial charge in [0, 0.05) is 13.0 Å². The lowest BCUT2D eigenvalue weighted by atomic mass is 9.86. The molecule has 1 unspecified atom stereocenters. The smallest absolute Gasteiger partial charge is 0.410 e. The van der Waals surface area contributed by atoms with Crippen molar-refractivity contribution in [2.75, 3.05) is 13.1 Å². The molecule has 3 rings (SSSR count). The molecular weight excluding hydrogens is 290 g/mol. The van der Waals surface area contributed by atoms with Crippen molar-refractivity contribution in [3.63, 3.8) is 0 Å². The van der Waals surface area contributed by atoms with E-state index in [0.717, 1.165) is 25.8 Å². The van der Waals surface area contributed by atoms with Gasteiger partial charge in [0.25, 0.3) is 0 Å². The molecule has 2 aliphatic heterocycles. The molecular formula is C19H25NO3. The second-order valence-corrected chi connectivity index (χ2v) is 7.49. The van der Waals surface area contributed by atoms with E-state index in [4.69, 9.17) is 9.47 Å². The summed E-state index contributed by atoms with van der Waals surface area (Å²) >= 11 is 0. The summed E-state index contributed by atoms with van der Waals surface area (Å²) in [5.41, 5.74) is 1.64. The lowest BCUT2D eigenvalue weighted by Crippen LogP contribution is -2.51. The first kappa shape index (κ1) is 15.9. The molecule has 0 N–H and O–H groups in total. The molecule has 4 heteroatoms. The van der Waals surface area contributed by atoms with E-state index in [-0.39, 0.29) is 11.7 Å². The molecule has 1 aromatic carbocycles. The van der Waals surface area contributed by atoms with Crippen LogP contribution in [0.1, 0.15) is 45.6 Å². The second-order valence-electron chi connectivity index (χ2n) is 7.49. The van der Waals surface area contributed by atoms with Gasteiger partial charge in [-0.15, -0.1) is 0 Å². The number of hydrogen-bond donors (Lipinski definition) is 0. The lowest BCUT2D eigenvalue weighted by molar-refractivity contribution is -0.0382. The van der Waals surface area contributed by atoms with Crippen LogP contribution < -0.4 is 0 Å². The Kier molecular flexibility index (Phi) is 4.09. The van der Waals surface area contributed by atoms with Crippen LogP contribution in [-0.4, -0.2) is 35.3 Å². The van der Waals surface area contributed by atoms with E-state index in [1.54, 1.807) is 4.90 Å². The molecule has 0 radical (unpaired) electrons. The maximum atomic E-state index is 12.3. The van der Waals surface area contributed by atoms with Crippen LogP contribution in [0.4, 0.5) is 4.79 Å². The van der Waals surface area contributed by atoms with Crippen molar-refractivity contribution in [3.05, 3.63) is 42.2 Å². The molecule has 1 atom stereocenters. The minimum absolute atomic E-state index is 0.242. The van der Waals surface area contributed by atoms with Crippen LogP contribution in [0.5, 0.6) is 0 Å². The van der Waals surface area contributed by atoms with Crippen molar-refractivity contribution >= 4 is 11.7 Å². The molecule has 1 aromatic rings. The number of amides is 1. The highest BCUT2D eigenvalue weighted by Crippen LogP contribution is 2.40. The number of rotatable bonds is 1. The van der Waals surface area contributed by atoms with Crippen LogP contribution in [0.2, 0.25) is 0 Å². The van der Waals surface area contributed by atoms with E-state index in [9.17, 15) is 4.79 Å². The van der Waals surface area contributed by atoms with E-state index >= 15 is 0 Å². The molecule has 23 heavy (non-hydrogen) atoms. The standard InChI is InChI=1S/C19H25NO3/c1-18(2,3)23-17(21)20-11-7-10-19(14-20)12-16(13-22-19)15-8-5-4-6-9-15/h4-6,8-9,13H,7,10-12,14H2,1-3H3. The largest absolute Gasteiger partial charge is 0.492 e. The number of carbonyl (C=O) groups excluding carboxylic acids is 1. The first-order chi connectivity index (χ1) is 10.9. The number of benzene rings is 1. The molecule has 0 aromatic heterocycles. The highest BCUT2D eigenvalue weighted by Gasteiger charge is 2.43. The van der Waals surface area contributed by atoms with E-state index in [1.165, 1.54) is 11.1 Å². The third-order valence-electron chi connectivity index (χ3n) is 4.30. The third-order valence-corrected chi connectivity index (χ3v) is 4.30. The molecule has 1 spiro atoms. The zero-order valence-electron chi connectivity index (χ0n) is 14.2. The molecule has 1 fully saturated rings. The van der Waals surface area contributed by atoms with Gasteiger partial charge >= 0.3 is 6.09 Å². The van der Waals surface area contributed by atoms with Crippen LogP contribution in [0.25, 0.3) is 5.57 Å². The average Bonchev–Trinajstić information content (AvgIpc) is 2.90. The van der Waals surface area contributed by atoms with Gasteiger partial charge in [0.05, 0.1) is 12.8 Å². The molecule has 0 saturated carbocycles. The Morgan fingerprint density at radius 2 is 2.00 bits per heavy atom. The first-order valence-electron chi connectivity index (χ1n) is 8.27. The number of nitrogens with zero attached hydrogens (tertiary/aromatic N) is 1. The van der Waals surface area contributed by atoms with Crippen molar-refractivity contribution in [2.24, 2.45) is 0 Å². The molecule has 124 valence electrons. The first-order valence-corrected chi connectivity index (χ1v) is 8.27. The van der Waals surface area contributed by atoms with E-state index in [2.05, 4.69) is 12.1 Å². The number of likely N-dealkylation sites (tertiary alicyclic amines) is 1. The summed E-state index contributed by atoms with van der Waals surface area (Å²) in [5, 5.41) is 0. The topological polar surface area (TPSA) is 38.8 Å². The van der Waals surface area contributed by atoms with Gasteiger partial charge in [-0.25, -0.2) is 4.79 Å². The minimum atomic E-state index is -0.467. The summed E-state index contributed by atoms with van der Waals surface area (Å²) in [4.78, 5) is 14.1. The van der Waals surface area contributed by atoms with E-state index < -0.39 is 5.60 Å².